The number of hydrogen-bond acceptors (Lipinski definition) is 3. The maximum absolute atomic E-state index is 12.7. The second kappa shape index (κ2) is 6.42. The van der Waals surface area contributed by atoms with Gasteiger partial charge in [-0.2, -0.15) is 5.10 Å². The van der Waals surface area contributed by atoms with Crippen molar-refractivity contribution in [1.82, 2.24) is 15.1 Å². The fraction of sp³-hybridized carbons (Fsp3) is 0.222. The summed E-state index contributed by atoms with van der Waals surface area (Å²) >= 11 is 7.69. The van der Waals surface area contributed by atoms with Crippen molar-refractivity contribution in [1.29, 1.82) is 0 Å². The van der Waals surface area contributed by atoms with Gasteiger partial charge in [-0.3, -0.25) is 4.79 Å². The van der Waals surface area contributed by atoms with Gasteiger partial charge in [0, 0.05) is 10.6 Å². The van der Waals surface area contributed by atoms with Gasteiger partial charge in [-0.1, -0.05) is 23.7 Å². The molecule has 0 radical (unpaired) electrons. The smallest absolute Gasteiger partial charge is 0.270 e. The lowest BCUT2D eigenvalue weighted by atomic mass is 10.1. The molecule has 1 N–H and O–H groups in total. The maximum Gasteiger partial charge on any atom is 0.270 e. The lowest BCUT2D eigenvalue weighted by Crippen LogP contribution is -2.41. The van der Waals surface area contributed by atoms with Crippen LogP contribution in [0.25, 0.3) is 16.3 Å². The molecule has 0 atom stereocenters. The molecular weight excluding hydrogens is 342 g/mol. The van der Waals surface area contributed by atoms with Crippen molar-refractivity contribution in [3.63, 3.8) is 0 Å². The molecule has 24 heavy (non-hydrogen) atoms. The van der Waals surface area contributed by atoms with Gasteiger partial charge in [0.2, 0.25) is 0 Å². The van der Waals surface area contributed by atoms with Gasteiger partial charge in [-0.15, -0.1) is 11.3 Å². The lowest BCUT2D eigenvalue weighted by molar-refractivity contribution is 0.0911. The molecule has 0 aliphatic carbocycles. The van der Waals surface area contributed by atoms with Crippen LogP contribution in [0, 0.1) is 0 Å². The van der Waals surface area contributed by atoms with E-state index in [1.54, 1.807) is 28.2 Å². The fourth-order valence-corrected chi connectivity index (χ4v) is 3.16. The summed E-state index contributed by atoms with van der Waals surface area (Å²) in [5.41, 5.74) is 1.67. The van der Waals surface area contributed by atoms with Crippen molar-refractivity contribution in [2.24, 2.45) is 0 Å². The zero-order valence-electron chi connectivity index (χ0n) is 13.7. The number of aromatic nitrogens is 2. The van der Waals surface area contributed by atoms with Gasteiger partial charge >= 0.3 is 0 Å². The number of hydrogen-bond donors (Lipinski definition) is 1. The largest absolute Gasteiger partial charge is 0.346 e. The lowest BCUT2D eigenvalue weighted by Gasteiger charge is -2.20. The highest BCUT2D eigenvalue weighted by Crippen LogP contribution is 2.26. The zero-order valence-corrected chi connectivity index (χ0v) is 15.3. The highest BCUT2D eigenvalue weighted by molar-refractivity contribution is 7.13. The normalized spacial score (nSPS) is 11.5. The number of carbonyl (C=O) groups is 1. The first-order valence-electron chi connectivity index (χ1n) is 7.56. The average molecular weight is 360 g/mol. The molecule has 1 aromatic carbocycles. The molecule has 3 rings (SSSR count). The highest BCUT2D eigenvalue weighted by atomic mass is 35.5. The first kappa shape index (κ1) is 16.7. The van der Waals surface area contributed by atoms with Crippen molar-refractivity contribution in [3.05, 3.63) is 58.6 Å². The molecule has 4 nitrogen and oxygen atoms in total. The Hall–Kier alpha value is -2.11. The second-order valence-corrected chi connectivity index (χ2v) is 7.87. The Morgan fingerprint density at radius 1 is 1.21 bits per heavy atom. The van der Waals surface area contributed by atoms with Crippen molar-refractivity contribution >= 4 is 28.8 Å². The van der Waals surface area contributed by atoms with Crippen LogP contribution in [0.3, 0.4) is 0 Å². The van der Waals surface area contributed by atoms with E-state index < -0.39 is 0 Å². The molecular formula is C18H18ClN3OS. The highest BCUT2D eigenvalue weighted by Gasteiger charge is 2.22. The van der Waals surface area contributed by atoms with E-state index in [1.165, 1.54) is 0 Å². The summed E-state index contributed by atoms with van der Waals surface area (Å²) in [5, 5.41) is 10.2. The van der Waals surface area contributed by atoms with Crippen LogP contribution in [0.5, 0.6) is 0 Å². The minimum Gasteiger partial charge on any atom is -0.346 e. The quantitative estimate of drug-likeness (QED) is 0.731. The number of benzene rings is 1. The summed E-state index contributed by atoms with van der Waals surface area (Å²) in [4.78, 5) is 13.7. The number of rotatable bonds is 3. The van der Waals surface area contributed by atoms with Gasteiger partial charge in [0.25, 0.3) is 5.91 Å². The molecule has 0 aliphatic heterocycles. The zero-order chi connectivity index (χ0) is 17.3. The molecule has 0 aliphatic rings. The van der Waals surface area contributed by atoms with E-state index >= 15 is 0 Å². The van der Waals surface area contributed by atoms with Crippen LogP contribution in [0.1, 0.15) is 31.3 Å². The summed E-state index contributed by atoms with van der Waals surface area (Å²) in [7, 11) is 0. The van der Waals surface area contributed by atoms with E-state index in [0.717, 1.165) is 16.3 Å². The third-order valence-corrected chi connectivity index (χ3v) is 4.38. The summed E-state index contributed by atoms with van der Waals surface area (Å²) < 4.78 is 1.64. The van der Waals surface area contributed by atoms with Crippen molar-refractivity contribution in [2.75, 3.05) is 0 Å². The number of thiophene rings is 1. The Balaban J connectivity index is 2.10. The third kappa shape index (κ3) is 3.68. The molecule has 0 spiro atoms. The topological polar surface area (TPSA) is 46.9 Å². The predicted molar refractivity (Wildman–Crippen MR) is 99.1 cm³/mol. The van der Waals surface area contributed by atoms with Crippen LogP contribution in [0.2, 0.25) is 5.02 Å². The first-order chi connectivity index (χ1) is 11.3. The van der Waals surface area contributed by atoms with E-state index in [9.17, 15) is 4.79 Å². The monoisotopic (exact) mass is 359 g/mol. The second-order valence-electron chi connectivity index (χ2n) is 6.49. The van der Waals surface area contributed by atoms with Crippen LogP contribution in [0.15, 0.2) is 47.8 Å². The molecule has 0 fully saturated rings. The molecule has 3 aromatic rings. The molecule has 2 aromatic heterocycles. The molecule has 2 heterocycles. The minimum atomic E-state index is -0.330. The minimum absolute atomic E-state index is 0.169. The Morgan fingerprint density at radius 3 is 2.62 bits per heavy atom. The van der Waals surface area contributed by atoms with E-state index in [1.807, 2.05) is 56.5 Å². The molecule has 0 saturated carbocycles. The van der Waals surface area contributed by atoms with Gasteiger partial charge in [-0.25, -0.2) is 4.68 Å². The van der Waals surface area contributed by atoms with Crippen LogP contribution in [0.4, 0.5) is 0 Å². The summed E-state index contributed by atoms with van der Waals surface area (Å²) in [6.45, 7) is 5.85. The Kier molecular flexibility index (Phi) is 4.47. The number of nitrogens with one attached hydrogen (secondary N) is 1. The predicted octanol–water partition coefficient (Wildman–Crippen LogP) is 4.78. The number of nitrogens with zero attached hydrogens (tertiary/aromatic N) is 2. The number of carbonyl (C=O) groups excluding carboxylic acids is 1. The molecule has 6 heteroatoms. The van der Waals surface area contributed by atoms with Crippen LogP contribution >= 0.6 is 22.9 Å². The molecule has 0 bridgehead atoms. The number of amides is 1. The molecule has 0 saturated heterocycles. The van der Waals surface area contributed by atoms with Crippen LogP contribution in [-0.4, -0.2) is 21.2 Å². The van der Waals surface area contributed by atoms with Crippen LogP contribution in [-0.2, 0) is 0 Å². The van der Waals surface area contributed by atoms with Gasteiger partial charge in [0.15, 0.2) is 0 Å². The Labute approximate surface area is 150 Å². The summed E-state index contributed by atoms with van der Waals surface area (Å²) in [6.07, 6.45) is 0. The Morgan fingerprint density at radius 2 is 2.00 bits per heavy atom. The first-order valence-corrected chi connectivity index (χ1v) is 8.82. The summed E-state index contributed by atoms with van der Waals surface area (Å²) in [6, 6.07) is 13.1. The molecule has 124 valence electrons. The van der Waals surface area contributed by atoms with Crippen molar-refractivity contribution in [3.8, 4) is 16.3 Å². The average Bonchev–Trinajstić information content (AvgIpc) is 3.15. The van der Waals surface area contributed by atoms with Gasteiger partial charge in [0.05, 0.1) is 10.6 Å². The standard InChI is InChI=1S/C18H18ClN3OS/c1-18(2,3)20-17(23)15-11-14(16-8-5-9-24-16)21-22(15)13-7-4-6-12(19)10-13/h4-11H,1-3H3,(H,20,23). The van der Waals surface area contributed by atoms with E-state index in [4.69, 9.17) is 11.6 Å². The van der Waals surface area contributed by atoms with E-state index in [-0.39, 0.29) is 11.4 Å². The maximum atomic E-state index is 12.7. The van der Waals surface area contributed by atoms with E-state index in [0.29, 0.717) is 10.7 Å². The van der Waals surface area contributed by atoms with Crippen molar-refractivity contribution in [2.45, 2.75) is 26.3 Å². The Bertz CT molecular complexity index is 863. The van der Waals surface area contributed by atoms with E-state index in [2.05, 4.69) is 10.4 Å². The van der Waals surface area contributed by atoms with Gasteiger partial charge in [0.1, 0.15) is 11.4 Å². The van der Waals surface area contributed by atoms with Crippen LogP contribution < -0.4 is 5.32 Å². The third-order valence-electron chi connectivity index (χ3n) is 3.26. The van der Waals surface area contributed by atoms with Crippen molar-refractivity contribution < 1.29 is 4.79 Å². The van der Waals surface area contributed by atoms with Gasteiger partial charge < -0.3 is 5.32 Å². The SMILES string of the molecule is CC(C)(C)NC(=O)c1cc(-c2cccs2)nn1-c1cccc(Cl)c1. The van der Waals surface area contributed by atoms with Gasteiger partial charge in [-0.05, 0) is 56.5 Å². The number of halogens is 1. The molecule has 1 amide bonds. The summed E-state index contributed by atoms with van der Waals surface area (Å²) in [5.74, 6) is -0.169. The fourth-order valence-electron chi connectivity index (χ4n) is 2.30. The molecule has 0 unspecified atom stereocenters.